The highest BCUT2D eigenvalue weighted by Gasteiger charge is 2.26. The van der Waals surface area contributed by atoms with Crippen LogP contribution in [0.15, 0.2) is 18.2 Å². The fraction of sp³-hybridized carbons (Fsp3) is 0.533. The van der Waals surface area contributed by atoms with Crippen LogP contribution >= 0.6 is 0 Å². The Hall–Kier alpha value is -1.31. The molecule has 2 atom stereocenters. The molecule has 2 heteroatoms. The molecule has 0 saturated carbocycles. The SMILES string of the molecule is Cc1ccc([C@@H]2OC(=O)CCC[C@@H]2C)cc1C.[HH]. The number of hydrogen-bond donors (Lipinski definition) is 0. The van der Waals surface area contributed by atoms with Crippen molar-refractivity contribution in [3.8, 4) is 0 Å². The molecule has 1 heterocycles. The maximum atomic E-state index is 11.5. The first-order chi connectivity index (χ1) is 8.08. The summed E-state index contributed by atoms with van der Waals surface area (Å²) in [5.74, 6) is 0.348. The molecule has 1 fully saturated rings. The van der Waals surface area contributed by atoms with Gasteiger partial charge < -0.3 is 4.74 Å². The van der Waals surface area contributed by atoms with Crippen LogP contribution in [0.2, 0.25) is 0 Å². The second-order valence-corrected chi connectivity index (χ2v) is 5.12. The van der Waals surface area contributed by atoms with E-state index < -0.39 is 0 Å². The standard InChI is InChI=1S/C15H20O2.H2/c1-10-7-8-13(9-12(10)3)15-11(2)5-4-6-14(16)17-15;/h7-9,11,15H,4-6H2,1-3H3;1H/t11-,15+;/m0./s1. The van der Waals surface area contributed by atoms with Gasteiger partial charge in [-0.05, 0) is 49.3 Å². The van der Waals surface area contributed by atoms with Crippen LogP contribution < -0.4 is 0 Å². The fourth-order valence-electron chi connectivity index (χ4n) is 2.37. The zero-order valence-electron chi connectivity index (χ0n) is 10.8. The van der Waals surface area contributed by atoms with Crippen molar-refractivity contribution in [3.63, 3.8) is 0 Å². The number of cyclic esters (lactones) is 1. The average Bonchev–Trinajstić information content (AvgIpc) is 2.45. The summed E-state index contributed by atoms with van der Waals surface area (Å²) in [7, 11) is 0. The lowest BCUT2D eigenvalue weighted by atomic mass is 9.92. The van der Waals surface area contributed by atoms with Gasteiger partial charge in [0.1, 0.15) is 6.10 Å². The lowest BCUT2D eigenvalue weighted by Crippen LogP contribution is -2.14. The lowest BCUT2D eigenvalue weighted by molar-refractivity contribution is -0.150. The number of ether oxygens (including phenoxy) is 1. The Morgan fingerprint density at radius 1 is 1.29 bits per heavy atom. The number of hydrogen-bond acceptors (Lipinski definition) is 2. The van der Waals surface area contributed by atoms with Gasteiger partial charge in [0.05, 0.1) is 0 Å². The quantitative estimate of drug-likeness (QED) is 0.688. The van der Waals surface area contributed by atoms with Crippen molar-refractivity contribution >= 4 is 5.97 Å². The van der Waals surface area contributed by atoms with E-state index >= 15 is 0 Å². The Bertz CT molecular complexity index is 429. The van der Waals surface area contributed by atoms with Crippen molar-refractivity contribution in [2.24, 2.45) is 5.92 Å². The molecule has 0 radical (unpaired) electrons. The summed E-state index contributed by atoms with van der Waals surface area (Å²) in [5.41, 5.74) is 3.67. The molecule has 1 aliphatic rings. The minimum Gasteiger partial charge on any atom is -0.457 e. The summed E-state index contributed by atoms with van der Waals surface area (Å²) in [6, 6.07) is 6.34. The van der Waals surface area contributed by atoms with Crippen LogP contribution in [0.3, 0.4) is 0 Å². The largest absolute Gasteiger partial charge is 0.457 e. The van der Waals surface area contributed by atoms with E-state index in [0.717, 1.165) is 18.4 Å². The Kier molecular flexibility index (Phi) is 3.51. The van der Waals surface area contributed by atoms with Gasteiger partial charge >= 0.3 is 5.97 Å². The van der Waals surface area contributed by atoms with Gasteiger partial charge in [0.25, 0.3) is 0 Å². The molecule has 0 spiro atoms. The molecular formula is C15H22O2. The average molecular weight is 234 g/mol. The van der Waals surface area contributed by atoms with Crippen LogP contribution in [-0.4, -0.2) is 5.97 Å². The molecule has 0 amide bonds. The minimum atomic E-state index is -0.0655. The van der Waals surface area contributed by atoms with Gasteiger partial charge in [-0.1, -0.05) is 25.1 Å². The zero-order chi connectivity index (χ0) is 12.4. The molecule has 2 rings (SSSR count). The van der Waals surface area contributed by atoms with Gasteiger partial charge in [0.2, 0.25) is 0 Å². The second kappa shape index (κ2) is 4.91. The van der Waals surface area contributed by atoms with Gasteiger partial charge in [-0.15, -0.1) is 0 Å². The highest BCUT2D eigenvalue weighted by Crippen LogP contribution is 2.33. The molecule has 1 aliphatic heterocycles. The molecule has 0 aromatic heterocycles. The first-order valence-electron chi connectivity index (χ1n) is 6.34. The van der Waals surface area contributed by atoms with Crippen molar-refractivity contribution in [3.05, 3.63) is 34.9 Å². The third kappa shape index (κ3) is 2.68. The van der Waals surface area contributed by atoms with Gasteiger partial charge in [-0.2, -0.15) is 0 Å². The van der Waals surface area contributed by atoms with E-state index in [1.165, 1.54) is 11.1 Å². The normalized spacial score (nSPS) is 25.2. The molecule has 0 bridgehead atoms. The summed E-state index contributed by atoms with van der Waals surface area (Å²) in [6.45, 7) is 6.36. The lowest BCUT2D eigenvalue weighted by Gasteiger charge is -2.22. The first kappa shape index (κ1) is 12.2. The van der Waals surface area contributed by atoms with E-state index in [1.54, 1.807) is 0 Å². The van der Waals surface area contributed by atoms with Crippen LogP contribution in [-0.2, 0) is 9.53 Å². The number of aryl methyl sites for hydroxylation is 2. The van der Waals surface area contributed by atoms with E-state index in [0.29, 0.717) is 12.3 Å². The molecule has 1 saturated heterocycles. The van der Waals surface area contributed by atoms with E-state index in [4.69, 9.17) is 4.74 Å². The molecular weight excluding hydrogens is 212 g/mol. The molecule has 1 aromatic rings. The van der Waals surface area contributed by atoms with Crippen LogP contribution in [0, 0.1) is 19.8 Å². The summed E-state index contributed by atoms with van der Waals surface area (Å²) in [4.78, 5) is 11.5. The highest BCUT2D eigenvalue weighted by atomic mass is 16.5. The van der Waals surface area contributed by atoms with Crippen LogP contribution in [0.5, 0.6) is 0 Å². The molecule has 0 N–H and O–H groups in total. The van der Waals surface area contributed by atoms with E-state index in [2.05, 4.69) is 39.0 Å². The third-order valence-electron chi connectivity index (χ3n) is 3.68. The number of benzene rings is 1. The Morgan fingerprint density at radius 2 is 2.06 bits per heavy atom. The summed E-state index contributed by atoms with van der Waals surface area (Å²) in [6.07, 6.45) is 2.50. The predicted molar refractivity (Wildman–Crippen MR) is 69.9 cm³/mol. The monoisotopic (exact) mass is 234 g/mol. The zero-order valence-corrected chi connectivity index (χ0v) is 10.8. The first-order valence-corrected chi connectivity index (χ1v) is 6.34. The molecule has 1 aromatic carbocycles. The van der Waals surface area contributed by atoms with Crippen molar-refractivity contribution in [2.75, 3.05) is 0 Å². The van der Waals surface area contributed by atoms with Crippen LogP contribution in [0.4, 0.5) is 0 Å². The van der Waals surface area contributed by atoms with Crippen LogP contribution in [0.25, 0.3) is 0 Å². The third-order valence-corrected chi connectivity index (χ3v) is 3.68. The summed E-state index contributed by atoms with van der Waals surface area (Å²) >= 11 is 0. The maximum Gasteiger partial charge on any atom is 0.306 e. The molecule has 0 unspecified atom stereocenters. The number of rotatable bonds is 1. The summed E-state index contributed by atoms with van der Waals surface area (Å²) in [5, 5.41) is 0. The van der Waals surface area contributed by atoms with Crippen molar-refractivity contribution in [2.45, 2.75) is 46.1 Å². The molecule has 17 heavy (non-hydrogen) atoms. The number of carbonyl (C=O) groups is 1. The topological polar surface area (TPSA) is 26.3 Å². The predicted octanol–water partition coefficient (Wildman–Crippen LogP) is 3.95. The van der Waals surface area contributed by atoms with E-state index in [9.17, 15) is 4.79 Å². The minimum absolute atomic E-state index is 0. The van der Waals surface area contributed by atoms with Gasteiger partial charge in [-0.3, -0.25) is 4.79 Å². The van der Waals surface area contributed by atoms with Crippen molar-refractivity contribution in [1.82, 2.24) is 0 Å². The van der Waals surface area contributed by atoms with E-state index in [-0.39, 0.29) is 13.5 Å². The Morgan fingerprint density at radius 3 is 2.76 bits per heavy atom. The number of carbonyl (C=O) groups excluding carboxylic acids is 1. The smallest absolute Gasteiger partial charge is 0.306 e. The van der Waals surface area contributed by atoms with Crippen molar-refractivity contribution < 1.29 is 11.0 Å². The Labute approximate surface area is 104 Å². The van der Waals surface area contributed by atoms with E-state index in [1.807, 2.05) is 0 Å². The second-order valence-electron chi connectivity index (χ2n) is 5.12. The number of esters is 1. The van der Waals surface area contributed by atoms with Crippen LogP contribution in [0.1, 0.15) is 50.4 Å². The van der Waals surface area contributed by atoms with Crippen molar-refractivity contribution in [1.29, 1.82) is 0 Å². The Balaban J connectivity index is 0.00000162. The van der Waals surface area contributed by atoms with Gasteiger partial charge in [-0.25, -0.2) is 0 Å². The van der Waals surface area contributed by atoms with Gasteiger partial charge in [0.15, 0.2) is 0 Å². The maximum absolute atomic E-state index is 11.5. The molecule has 94 valence electrons. The fourth-order valence-corrected chi connectivity index (χ4v) is 2.37. The molecule has 2 nitrogen and oxygen atoms in total. The molecule has 0 aliphatic carbocycles. The summed E-state index contributed by atoms with van der Waals surface area (Å²) < 4.78 is 5.57. The highest BCUT2D eigenvalue weighted by molar-refractivity contribution is 5.70. The van der Waals surface area contributed by atoms with Gasteiger partial charge in [0, 0.05) is 7.85 Å².